The van der Waals surface area contributed by atoms with Crippen molar-refractivity contribution in [3.8, 4) is 5.75 Å². The molecule has 0 radical (unpaired) electrons. The van der Waals surface area contributed by atoms with Gasteiger partial charge in [-0.05, 0) is 56.5 Å². The van der Waals surface area contributed by atoms with E-state index < -0.39 is 18.2 Å². The molecule has 170 valence electrons. The Labute approximate surface area is 186 Å². The molecule has 2 aromatic rings. The van der Waals surface area contributed by atoms with Crippen LogP contribution in [0.4, 0.5) is 10.5 Å². The zero-order valence-electron chi connectivity index (χ0n) is 17.8. The Morgan fingerprint density at radius 3 is 2.47 bits per heavy atom. The lowest BCUT2D eigenvalue weighted by molar-refractivity contribution is -0.131. The number of benzene rings is 2. The Hall–Kier alpha value is -3.65. The number of aliphatic hydroxyl groups excluding tert-OH is 1. The summed E-state index contributed by atoms with van der Waals surface area (Å²) in [4.78, 5) is 34.6. The number of nitrogens with one attached hydrogen (secondary N) is 1. The standard InChI is InChI=1S/C24H27NO7/c1-17(27)18-11-13-19(14-12-18)25-24(30)32-22(9-3-2-4-10-23(28)29)20-7-5-6-8-21(20)31-16-15-26/h4-8,10-14,22,26H,2-3,9,15-16H2,1H3,(H,25,30)(H,28,29)/b10-4+/t22-/m0/s1. The molecule has 1 atom stereocenters. The number of Topliss-reactive ketones (excluding diaryl/α,β-unsaturated/α-hetero) is 1. The zero-order chi connectivity index (χ0) is 23.3. The lowest BCUT2D eigenvalue weighted by Gasteiger charge is -2.21. The van der Waals surface area contributed by atoms with Gasteiger partial charge in [0.15, 0.2) is 5.78 Å². The monoisotopic (exact) mass is 441 g/mol. The second kappa shape index (κ2) is 12.9. The minimum Gasteiger partial charge on any atom is -0.491 e. The number of rotatable bonds is 12. The summed E-state index contributed by atoms with van der Waals surface area (Å²) in [5.74, 6) is -0.599. The van der Waals surface area contributed by atoms with Gasteiger partial charge in [-0.1, -0.05) is 24.3 Å². The van der Waals surface area contributed by atoms with Gasteiger partial charge >= 0.3 is 12.1 Å². The fourth-order valence-electron chi connectivity index (χ4n) is 2.98. The smallest absolute Gasteiger partial charge is 0.412 e. The highest BCUT2D eigenvalue weighted by Crippen LogP contribution is 2.32. The number of aliphatic hydroxyl groups is 1. The molecule has 2 aromatic carbocycles. The topological polar surface area (TPSA) is 122 Å². The molecular formula is C24H27NO7. The van der Waals surface area contributed by atoms with Crippen molar-refractivity contribution in [2.24, 2.45) is 0 Å². The fraction of sp³-hybridized carbons (Fsp3) is 0.292. The molecule has 0 spiro atoms. The van der Waals surface area contributed by atoms with Crippen molar-refractivity contribution >= 4 is 23.5 Å². The molecule has 0 heterocycles. The van der Waals surface area contributed by atoms with E-state index in [0.717, 1.165) is 6.08 Å². The molecule has 3 N–H and O–H groups in total. The molecule has 0 aromatic heterocycles. The highest BCUT2D eigenvalue weighted by molar-refractivity contribution is 5.95. The van der Waals surface area contributed by atoms with Gasteiger partial charge in [-0.25, -0.2) is 9.59 Å². The number of hydrogen-bond donors (Lipinski definition) is 3. The Bertz CT molecular complexity index is 938. The quantitative estimate of drug-likeness (QED) is 0.254. The number of allylic oxidation sites excluding steroid dienone is 1. The summed E-state index contributed by atoms with van der Waals surface area (Å²) in [6.07, 6.45) is 2.79. The van der Waals surface area contributed by atoms with Gasteiger partial charge in [0.05, 0.1) is 6.61 Å². The van der Waals surface area contributed by atoms with E-state index in [9.17, 15) is 14.4 Å². The maximum absolute atomic E-state index is 12.5. The molecule has 0 saturated heterocycles. The summed E-state index contributed by atoms with van der Waals surface area (Å²) in [5.41, 5.74) is 1.66. The number of hydrogen-bond acceptors (Lipinski definition) is 6. The van der Waals surface area contributed by atoms with Crippen molar-refractivity contribution in [3.63, 3.8) is 0 Å². The molecule has 0 aliphatic carbocycles. The van der Waals surface area contributed by atoms with Gasteiger partial charge < -0.3 is 19.7 Å². The maximum atomic E-state index is 12.5. The van der Waals surface area contributed by atoms with Crippen molar-refractivity contribution < 1.29 is 34.1 Å². The number of ether oxygens (including phenoxy) is 2. The summed E-state index contributed by atoms with van der Waals surface area (Å²) < 4.78 is 11.2. The minimum absolute atomic E-state index is 0.0735. The third kappa shape index (κ3) is 8.23. The molecule has 1 amide bonds. The molecule has 2 rings (SSSR count). The Morgan fingerprint density at radius 2 is 1.81 bits per heavy atom. The van der Waals surface area contributed by atoms with E-state index in [2.05, 4.69) is 5.32 Å². The number of carbonyl (C=O) groups excluding carboxylic acids is 2. The van der Waals surface area contributed by atoms with Crippen LogP contribution in [-0.4, -0.2) is 41.3 Å². The molecule has 8 nitrogen and oxygen atoms in total. The Morgan fingerprint density at radius 1 is 1.09 bits per heavy atom. The third-order valence-corrected chi connectivity index (χ3v) is 4.50. The largest absolute Gasteiger partial charge is 0.491 e. The van der Waals surface area contributed by atoms with E-state index in [1.807, 2.05) is 0 Å². The number of ketones is 1. The molecule has 0 bridgehead atoms. The van der Waals surface area contributed by atoms with Crippen LogP contribution < -0.4 is 10.1 Å². The maximum Gasteiger partial charge on any atom is 0.412 e. The average molecular weight is 441 g/mol. The Balaban J connectivity index is 2.12. The van der Waals surface area contributed by atoms with E-state index in [1.54, 1.807) is 54.6 Å². The normalized spacial score (nSPS) is 11.7. The number of para-hydroxylation sites is 1. The zero-order valence-corrected chi connectivity index (χ0v) is 17.8. The van der Waals surface area contributed by atoms with Crippen LogP contribution in [0, 0.1) is 0 Å². The molecule has 8 heteroatoms. The Kier molecular flexibility index (Phi) is 9.93. The average Bonchev–Trinajstić information content (AvgIpc) is 2.77. The molecule has 0 saturated carbocycles. The number of unbranched alkanes of at least 4 members (excludes halogenated alkanes) is 1. The molecule has 0 fully saturated rings. The van der Waals surface area contributed by atoms with Crippen LogP contribution in [0.5, 0.6) is 5.75 Å². The van der Waals surface area contributed by atoms with Gasteiger partial charge in [0.1, 0.15) is 18.5 Å². The first-order chi connectivity index (χ1) is 15.4. The number of anilines is 1. The molecule has 0 aliphatic rings. The minimum atomic E-state index is -1.02. The first kappa shape index (κ1) is 24.6. The van der Waals surface area contributed by atoms with E-state index in [4.69, 9.17) is 19.7 Å². The van der Waals surface area contributed by atoms with Crippen LogP contribution in [-0.2, 0) is 9.53 Å². The summed E-state index contributed by atoms with van der Waals surface area (Å²) in [5, 5.41) is 20.4. The molecule has 32 heavy (non-hydrogen) atoms. The van der Waals surface area contributed by atoms with Gasteiger partial charge in [-0.2, -0.15) is 0 Å². The van der Waals surface area contributed by atoms with E-state index in [1.165, 1.54) is 6.92 Å². The number of amides is 1. The molecule has 0 unspecified atom stereocenters. The highest BCUT2D eigenvalue weighted by atomic mass is 16.6. The lowest BCUT2D eigenvalue weighted by atomic mass is 10.0. The third-order valence-electron chi connectivity index (χ3n) is 4.50. The van der Waals surface area contributed by atoms with Crippen LogP contribution in [0.2, 0.25) is 0 Å². The van der Waals surface area contributed by atoms with Gasteiger partial charge in [0.2, 0.25) is 0 Å². The summed E-state index contributed by atoms with van der Waals surface area (Å²) in [6, 6.07) is 13.5. The summed E-state index contributed by atoms with van der Waals surface area (Å²) in [6.45, 7) is 1.40. The second-order valence-electron chi connectivity index (χ2n) is 6.93. The van der Waals surface area contributed by atoms with Gasteiger partial charge in [-0.15, -0.1) is 0 Å². The van der Waals surface area contributed by atoms with Crippen LogP contribution in [0.25, 0.3) is 0 Å². The summed E-state index contributed by atoms with van der Waals surface area (Å²) in [7, 11) is 0. The fourth-order valence-corrected chi connectivity index (χ4v) is 2.98. The number of carboxylic acids is 1. The van der Waals surface area contributed by atoms with Gasteiger partial charge in [0, 0.05) is 22.9 Å². The highest BCUT2D eigenvalue weighted by Gasteiger charge is 2.20. The van der Waals surface area contributed by atoms with E-state index in [-0.39, 0.29) is 19.0 Å². The number of carbonyl (C=O) groups is 3. The van der Waals surface area contributed by atoms with Crippen molar-refractivity contribution in [2.45, 2.75) is 32.3 Å². The van der Waals surface area contributed by atoms with Crippen LogP contribution >= 0.6 is 0 Å². The van der Waals surface area contributed by atoms with Crippen molar-refractivity contribution in [3.05, 3.63) is 71.8 Å². The second-order valence-corrected chi connectivity index (χ2v) is 6.93. The molecular weight excluding hydrogens is 414 g/mol. The number of carboxylic acid groups (broad SMARTS) is 1. The number of aliphatic carboxylic acids is 1. The first-order valence-electron chi connectivity index (χ1n) is 10.2. The predicted octanol–water partition coefficient (Wildman–Crippen LogP) is 4.36. The van der Waals surface area contributed by atoms with Crippen molar-refractivity contribution in [2.75, 3.05) is 18.5 Å². The van der Waals surface area contributed by atoms with E-state index >= 15 is 0 Å². The van der Waals surface area contributed by atoms with Gasteiger partial charge in [0.25, 0.3) is 0 Å². The SMILES string of the molecule is CC(=O)c1ccc(NC(=O)O[C@@H](CCC/C=C/C(=O)O)c2ccccc2OCCO)cc1. The first-order valence-corrected chi connectivity index (χ1v) is 10.2. The lowest BCUT2D eigenvalue weighted by Crippen LogP contribution is -2.18. The van der Waals surface area contributed by atoms with Gasteiger partial charge in [-0.3, -0.25) is 10.1 Å². The van der Waals surface area contributed by atoms with Crippen LogP contribution in [0.15, 0.2) is 60.7 Å². The van der Waals surface area contributed by atoms with Crippen LogP contribution in [0.1, 0.15) is 48.2 Å². The van der Waals surface area contributed by atoms with Crippen LogP contribution in [0.3, 0.4) is 0 Å². The predicted molar refractivity (Wildman–Crippen MR) is 119 cm³/mol. The van der Waals surface area contributed by atoms with Crippen molar-refractivity contribution in [1.82, 2.24) is 0 Å². The van der Waals surface area contributed by atoms with Crippen molar-refractivity contribution in [1.29, 1.82) is 0 Å². The summed E-state index contributed by atoms with van der Waals surface area (Å²) >= 11 is 0. The molecule has 0 aliphatic heterocycles. The van der Waals surface area contributed by atoms with E-state index in [0.29, 0.717) is 41.8 Å².